The van der Waals surface area contributed by atoms with Crippen molar-refractivity contribution in [1.29, 1.82) is 0 Å². The van der Waals surface area contributed by atoms with Gasteiger partial charge < -0.3 is 0 Å². The van der Waals surface area contributed by atoms with Gasteiger partial charge in [0, 0.05) is 19.7 Å². The number of hydrogen-bond acceptors (Lipinski definition) is 2. The molecule has 0 bridgehead atoms. The quantitative estimate of drug-likeness (QED) is 0.806. The van der Waals surface area contributed by atoms with Gasteiger partial charge in [-0.15, -0.1) is 0 Å². The number of halogens is 2. The average Bonchev–Trinajstić information content (AvgIpc) is 2.76. The summed E-state index contributed by atoms with van der Waals surface area (Å²) < 4.78 is 1.66. The van der Waals surface area contributed by atoms with Crippen molar-refractivity contribution in [2.45, 2.75) is 19.8 Å². The van der Waals surface area contributed by atoms with Gasteiger partial charge in [-0.3, -0.25) is 9.48 Å². The maximum absolute atomic E-state index is 12.3. The Bertz CT molecular complexity index is 620. The molecule has 1 heterocycles. The highest BCUT2D eigenvalue weighted by Crippen LogP contribution is 2.26. The van der Waals surface area contributed by atoms with Gasteiger partial charge in [-0.1, -0.05) is 42.3 Å². The number of nitrogens with zero attached hydrogens (tertiary/aromatic N) is 2. The van der Waals surface area contributed by atoms with Gasteiger partial charge in [0.2, 0.25) is 0 Å². The Labute approximate surface area is 122 Å². The number of benzene rings is 1. The summed E-state index contributed by atoms with van der Waals surface area (Å²) in [6.07, 6.45) is 2.71. The first kappa shape index (κ1) is 14.1. The van der Waals surface area contributed by atoms with Gasteiger partial charge in [0.05, 0.1) is 21.3 Å². The van der Waals surface area contributed by atoms with E-state index in [1.165, 1.54) is 0 Å². The van der Waals surface area contributed by atoms with E-state index in [1.54, 1.807) is 23.0 Å². The number of aryl methyl sites for hydroxylation is 2. The van der Waals surface area contributed by atoms with E-state index in [1.807, 2.05) is 20.0 Å². The fourth-order valence-electron chi connectivity index (χ4n) is 1.98. The lowest BCUT2D eigenvalue weighted by Crippen LogP contribution is -2.06. The van der Waals surface area contributed by atoms with Crippen molar-refractivity contribution in [2.75, 3.05) is 0 Å². The Morgan fingerprint density at radius 1 is 1.37 bits per heavy atom. The van der Waals surface area contributed by atoms with Crippen molar-refractivity contribution in [2.24, 2.45) is 7.05 Å². The summed E-state index contributed by atoms with van der Waals surface area (Å²) >= 11 is 12.0. The minimum Gasteiger partial charge on any atom is -0.294 e. The van der Waals surface area contributed by atoms with Crippen molar-refractivity contribution < 1.29 is 4.79 Å². The van der Waals surface area contributed by atoms with Crippen molar-refractivity contribution in [3.8, 4) is 0 Å². The summed E-state index contributed by atoms with van der Waals surface area (Å²) in [6, 6.07) is 5.31. The Morgan fingerprint density at radius 3 is 2.79 bits per heavy atom. The molecule has 0 N–H and O–H groups in total. The van der Waals surface area contributed by atoms with Crippen LogP contribution in [0.25, 0.3) is 0 Å². The number of carbonyl (C=O) groups is 1. The number of carbonyl (C=O) groups excluding carboxylic acids is 1. The van der Waals surface area contributed by atoms with E-state index in [9.17, 15) is 4.79 Å². The molecule has 0 unspecified atom stereocenters. The van der Waals surface area contributed by atoms with Gasteiger partial charge in [-0.25, -0.2) is 0 Å². The molecule has 0 saturated heterocycles. The molecule has 0 aliphatic heterocycles. The van der Waals surface area contributed by atoms with Crippen molar-refractivity contribution in [1.82, 2.24) is 9.78 Å². The van der Waals surface area contributed by atoms with Crippen LogP contribution in [0, 0.1) is 0 Å². The number of rotatable bonds is 4. The van der Waals surface area contributed by atoms with Crippen LogP contribution in [-0.4, -0.2) is 15.6 Å². The lowest BCUT2D eigenvalue weighted by atomic mass is 10.0. The summed E-state index contributed by atoms with van der Waals surface area (Å²) in [6.45, 7) is 1.98. The molecule has 0 atom stereocenters. The van der Waals surface area contributed by atoms with E-state index >= 15 is 0 Å². The lowest BCUT2D eigenvalue weighted by molar-refractivity contribution is 0.0992. The van der Waals surface area contributed by atoms with Crippen LogP contribution in [0.3, 0.4) is 0 Å². The van der Waals surface area contributed by atoms with Crippen molar-refractivity contribution >= 4 is 29.0 Å². The molecule has 0 amide bonds. The molecule has 0 fully saturated rings. The zero-order valence-electron chi connectivity index (χ0n) is 10.8. The third kappa shape index (κ3) is 2.99. The predicted octanol–water partition coefficient (Wildman–Crippen LogP) is 3.71. The Kier molecular flexibility index (Phi) is 4.27. The minimum atomic E-state index is 0.00844. The van der Waals surface area contributed by atoms with Gasteiger partial charge >= 0.3 is 0 Å². The predicted molar refractivity (Wildman–Crippen MR) is 77.1 cm³/mol. The molecule has 1 aromatic heterocycles. The standard InChI is InChI=1S/C14H14Cl2N2O/c1-3-12-10(8-18(2)17-12)13(19)7-9-5-4-6-11(15)14(9)16/h4-6,8H,3,7H2,1-2H3. The second kappa shape index (κ2) is 5.76. The highest BCUT2D eigenvalue weighted by Gasteiger charge is 2.16. The molecule has 5 heteroatoms. The molecule has 1 aromatic carbocycles. The van der Waals surface area contributed by atoms with Crippen LogP contribution in [0.2, 0.25) is 10.0 Å². The Balaban J connectivity index is 2.28. The van der Waals surface area contributed by atoms with Crippen LogP contribution in [0.5, 0.6) is 0 Å². The third-order valence-electron chi connectivity index (χ3n) is 2.92. The fraction of sp³-hybridized carbons (Fsp3) is 0.286. The van der Waals surface area contributed by atoms with Crippen LogP contribution in [0.1, 0.15) is 28.5 Å². The van der Waals surface area contributed by atoms with Crippen LogP contribution in [0.4, 0.5) is 0 Å². The molecule has 2 rings (SSSR count). The van der Waals surface area contributed by atoms with E-state index in [0.29, 0.717) is 15.6 Å². The Hall–Kier alpha value is -1.32. The average molecular weight is 297 g/mol. The molecule has 19 heavy (non-hydrogen) atoms. The summed E-state index contributed by atoms with van der Waals surface area (Å²) in [7, 11) is 1.81. The lowest BCUT2D eigenvalue weighted by Gasteiger charge is -2.05. The molecule has 100 valence electrons. The summed E-state index contributed by atoms with van der Waals surface area (Å²) in [4.78, 5) is 12.3. The minimum absolute atomic E-state index is 0.00844. The summed E-state index contributed by atoms with van der Waals surface area (Å²) in [5, 5.41) is 5.18. The molecule has 0 spiro atoms. The number of hydrogen-bond donors (Lipinski definition) is 0. The van der Waals surface area contributed by atoms with Crippen LogP contribution < -0.4 is 0 Å². The highest BCUT2D eigenvalue weighted by molar-refractivity contribution is 6.42. The largest absolute Gasteiger partial charge is 0.294 e. The normalized spacial score (nSPS) is 10.7. The molecular weight excluding hydrogens is 283 g/mol. The van der Waals surface area contributed by atoms with Gasteiger partial charge in [-0.05, 0) is 18.1 Å². The molecule has 3 nitrogen and oxygen atoms in total. The first-order valence-corrected chi connectivity index (χ1v) is 6.77. The maximum Gasteiger partial charge on any atom is 0.170 e. The number of aromatic nitrogens is 2. The molecule has 0 aliphatic rings. The van der Waals surface area contributed by atoms with Crippen molar-refractivity contribution in [3.05, 3.63) is 51.3 Å². The molecule has 0 saturated carbocycles. The van der Waals surface area contributed by atoms with E-state index in [-0.39, 0.29) is 12.2 Å². The molecule has 0 aliphatic carbocycles. The smallest absolute Gasteiger partial charge is 0.170 e. The van der Waals surface area contributed by atoms with Gasteiger partial charge in [0.25, 0.3) is 0 Å². The topological polar surface area (TPSA) is 34.9 Å². The van der Waals surface area contributed by atoms with E-state index in [2.05, 4.69) is 5.10 Å². The molecule has 2 aromatic rings. The second-order valence-corrected chi connectivity index (χ2v) is 5.11. The second-order valence-electron chi connectivity index (χ2n) is 4.33. The van der Waals surface area contributed by atoms with Crippen LogP contribution in [0.15, 0.2) is 24.4 Å². The van der Waals surface area contributed by atoms with Crippen LogP contribution in [-0.2, 0) is 19.9 Å². The first-order chi connectivity index (χ1) is 9.02. The van der Waals surface area contributed by atoms with Gasteiger partial charge in [-0.2, -0.15) is 5.10 Å². The van der Waals surface area contributed by atoms with E-state index in [4.69, 9.17) is 23.2 Å². The SMILES string of the molecule is CCc1nn(C)cc1C(=O)Cc1cccc(Cl)c1Cl. The summed E-state index contributed by atoms with van der Waals surface area (Å²) in [5.74, 6) is 0.00844. The van der Waals surface area contributed by atoms with Gasteiger partial charge in [0.15, 0.2) is 5.78 Å². The Morgan fingerprint density at radius 2 is 2.11 bits per heavy atom. The van der Waals surface area contributed by atoms with Crippen molar-refractivity contribution in [3.63, 3.8) is 0 Å². The zero-order valence-corrected chi connectivity index (χ0v) is 12.3. The van der Waals surface area contributed by atoms with Gasteiger partial charge in [0.1, 0.15) is 0 Å². The van der Waals surface area contributed by atoms with Crippen LogP contribution >= 0.6 is 23.2 Å². The number of Topliss-reactive ketones (excluding diaryl/α,β-unsaturated/α-hetero) is 1. The molecular formula is C14H14Cl2N2O. The highest BCUT2D eigenvalue weighted by atomic mass is 35.5. The number of ketones is 1. The first-order valence-electron chi connectivity index (χ1n) is 6.01. The van der Waals surface area contributed by atoms with E-state index < -0.39 is 0 Å². The zero-order chi connectivity index (χ0) is 14.0. The monoisotopic (exact) mass is 296 g/mol. The fourth-order valence-corrected chi connectivity index (χ4v) is 2.37. The summed E-state index contributed by atoms with van der Waals surface area (Å²) in [5.41, 5.74) is 2.21. The third-order valence-corrected chi connectivity index (χ3v) is 3.78. The molecule has 0 radical (unpaired) electrons. The maximum atomic E-state index is 12.3. The van der Waals surface area contributed by atoms with E-state index in [0.717, 1.165) is 17.7 Å².